The van der Waals surface area contributed by atoms with Gasteiger partial charge in [0.1, 0.15) is 11.5 Å². The Morgan fingerprint density at radius 2 is 1.68 bits per heavy atom. The van der Waals surface area contributed by atoms with Crippen LogP contribution >= 0.6 is 0 Å². The zero-order chi connectivity index (χ0) is 31.4. The van der Waals surface area contributed by atoms with E-state index in [9.17, 15) is 18.4 Å². The van der Waals surface area contributed by atoms with Crippen LogP contribution in [0.1, 0.15) is 16.1 Å². The third-order valence-corrected chi connectivity index (χ3v) is 6.99. The third kappa shape index (κ3) is 6.57. The first kappa shape index (κ1) is 30.3. The van der Waals surface area contributed by atoms with E-state index in [0.717, 1.165) is 12.1 Å². The highest BCUT2D eigenvalue weighted by Gasteiger charge is 2.19. The Balaban J connectivity index is 1.40. The van der Waals surface area contributed by atoms with E-state index in [0.29, 0.717) is 52.7 Å². The summed E-state index contributed by atoms with van der Waals surface area (Å²) in [5, 5.41) is 0.705. The SMILES string of the molecule is COc1cc2nccc(Oc3ccc(CC(=O)c4cn(CCN(C)C)cc(-c5ccc(F)c(F)c5)c4=O)nc3)c2cc1OC. The molecular formula is C33H30F2N4O5. The van der Waals surface area contributed by atoms with E-state index in [2.05, 4.69) is 9.97 Å². The number of ketones is 1. The highest BCUT2D eigenvalue weighted by Crippen LogP contribution is 2.36. The van der Waals surface area contributed by atoms with E-state index in [1.165, 1.54) is 18.5 Å². The molecule has 0 aliphatic rings. The zero-order valence-electron chi connectivity index (χ0n) is 24.6. The molecule has 0 aliphatic carbocycles. The van der Waals surface area contributed by atoms with Gasteiger partial charge in [-0.15, -0.1) is 0 Å². The molecule has 0 N–H and O–H groups in total. The molecule has 5 aromatic rings. The second kappa shape index (κ2) is 13.0. The summed E-state index contributed by atoms with van der Waals surface area (Å²) in [6, 6.07) is 11.8. The Hall–Kier alpha value is -5.16. The molecule has 11 heteroatoms. The predicted octanol–water partition coefficient (Wildman–Crippen LogP) is 5.53. The second-order valence-electron chi connectivity index (χ2n) is 10.3. The maximum absolute atomic E-state index is 14.0. The lowest BCUT2D eigenvalue weighted by atomic mass is 10.0. The third-order valence-electron chi connectivity index (χ3n) is 6.99. The Labute approximate surface area is 252 Å². The van der Waals surface area contributed by atoms with Crippen LogP contribution in [-0.4, -0.2) is 60.1 Å². The van der Waals surface area contributed by atoms with Crippen LogP contribution in [0.5, 0.6) is 23.0 Å². The number of rotatable bonds is 11. The van der Waals surface area contributed by atoms with E-state index < -0.39 is 22.8 Å². The van der Waals surface area contributed by atoms with Gasteiger partial charge in [0.25, 0.3) is 0 Å². The van der Waals surface area contributed by atoms with Gasteiger partial charge in [0.05, 0.1) is 37.9 Å². The number of ether oxygens (including phenoxy) is 3. The first-order chi connectivity index (χ1) is 21.2. The van der Waals surface area contributed by atoms with Crippen molar-refractivity contribution in [1.29, 1.82) is 0 Å². The van der Waals surface area contributed by atoms with Crippen LogP contribution in [0.2, 0.25) is 0 Å². The number of fused-ring (bicyclic) bond motifs is 1. The van der Waals surface area contributed by atoms with Gasteiger partial charge in [-0.2, -0.15) is 0 Å². The zero-order valence-corrected chi connectivity index (χ0v) is 24.6. The Bertz CT molecular complexity index is 1890. The molecule has 0 saturated carbocycles. The molecule has 3 aromatic heterocycles. The molecule has 0 spiro atoms. The normalized spacial score (nSPS) is 11.2. The van der Waals surface area contributed by atoms with Crippen LogP contribution in [0, 0.1) is 11.6 Å². The number of likely N-dealkylation sites (N-methyl/N-ethyl adjacent to an activating group) is 1. The molecule has 5 rings (SSSR count). The van der Waals surface area contributed by atoms with E-state index in [4.69, 9.17) is 14.2 Å². The fourth-order valence-electron chi connectivity index (χ4n) is 4.64. The van der Waals surface area contributed by atoms with E-state index >= 15 is 0 Å². The Kier molecular flexibility index (Phi) is 8.96. The number of hydrogen-bond donors (Lipinski definition) is 0. The van der Waals surface area contributed by atoms with Gasteiger partial charge in [-0.1, -0.05) is 6.07 Å². The summed E-state index contributed by atoms with van der Waals surface area (Å²) < 4.78 is 46.2. The minimum Gasteiger partial charge on any atom is -0.493 e. The van der Waals surface area contributed by atoms with Crippen molar-refractivity contribution in [2.24, 2.45) is 0 Å². The Morgan fingerprint density at radius 3 is 2.36 bits per heavy atom. The monoisotopic (exact) mass is 600 g/mol. The summed E-state index contributed by atoms with van der Waals surface area (Å²) in [5.74, 6) is -0.545. The topological polar surface area (TPSA) is 95.8 Å². The number of aromatic nitrogens is 3. The molecule has 9 nitrogen and oxygen atoms in total. The average Bonchev–Trinajstić information content (AvgIpc) is 3.02. The summed E-state index contributed by atoms with van der Waals surface area (Å²) >= 11 is 0. The van der Waals surface area contributed by atoms with E-state index in [1.54, 1.807) is 61.5 Å². The van der Waals surface area contributed by atoms with E-state index in [-0.39, 0.29) is 23.1 Å². The van der Waals surface area contributed by atoms with Gasteiger partial charge in [0.15, 0.2) is 34.3 Å². The van der Waals surface area contributed by atoms with Crippen molar-refractivity contribution in [3.8, 4) is 34.1 Å². The van der Waals surface area contributed by atoms with Crippen LogP contribution < -0.4 is 19.6 Å². The Morgan fingerprint density at radius 1 is 0.909 bits per heavy atom. The van der Waals surface area contributed by atoms with Gasteiger partial charge < -0.3 is 23.7 Å². The summed E-state index contributed by atoms with van der Waals surface area (Å²) in [6.45, 7) is 1.10. The second-order valence-corrected chi connectivity index (χ2v) is 10.3. The largest absolute Gasteiger partial charge is 0.493 e. The van der Waals surface area contributed by atoms with Crippen LogP contribution in [0.4, 0.5) is 8.78 Å². The maximum atomic E-state index is 14.0. The van der Waals surface area contributed by atoms with E-state index in [1.807, 2.05) is 19.0 Å². The predicted molar refractivity (Wildman–Crippen MR) is 162 cm³/mol. The van der Waals surface area contributed by atoms with Crippen LogP contribution in [0.3, 0.4) is 0 Å². The molecule has 0 fully saturated rings. The summed E-state index contributed by atoms with van der Waals surface area (Å²) in [7, 11) is 6.89. The van der Waals surface area contributed by atoms with Crippen LogP contribution in [0.15, 0.2) is 78.1 Å². The molecule has 0 bridgehead atoms. The number of benzene rings is 2. The summed E-state index contributed by atoms with van der Waals surface area (Å²) in [4.78, 5) is 37.5. The lowest BCUT2D eigenvalue weighted by Gasteiger charge is -2.15. The molecule has 44 heavy (non-hydrogen) atoms. The fourth-order valence-corrected chi connectivity index (χ4v) is 4.64. The van der Waals surface area contributed by atoms with Gasteiger partial charge in [0, 0.05) is 54.4 Å². The molecule has 0 radical (unpaired) electrons. The fraction of sp³-hybridized carbons (Fsp3) is 0.212. The molecule has 226 valence electrons. The molecule has 0 amide bonds. The van der Waals surface area contributed by atoms with Crippen molar-refractivity contribution in [1.82, 2.24) is 19.4 Å². The quantitative estimate of drug-likeness (QED) is 0.183. The van der Waals surface area contributed by atoms with Crippen molar-refractivity contribution < 1.29 is 27.8 Å². The van der Waals surface area contributed by atoms with Gasteiger partial charge in [-0.25, -0.2) is 8.78 Å². The van der Waals surface area contributed by atoms with Crippen molar-refractivity contribution in [2.45, 2.75) is 13.0 Å². The first-order valence-corrected chi connectivity index (χ1v) is 13.7. The maximum Gasteiger partial charge on any atom is 0.200 e. The van der Waals surface area contributed by atoms with Crippen molar-refractivity contribution in [3.05, 3.63) is 106 Å². The minimum absolute atomic E-state index is 0.0688. The molecule has 0 unspecified atom stereocenters. The number of carbonyl (C=O) groups excluding carboxylic acids is 1. The lowest BCUT2D eigenvalue weighted by Crippen LogP contribution is -2.24. The standard InChI is InChI=1S/C33H30F2N4O5/c1-38(2)11-12-39-18-24(20-5-8-26(34)27(35)13-20)33(41)25(19-39)29(40)14-21-6-7-22(17-37-21)44-30-9-10-36-28-16-32(43-4)31(42-3)15-23(28)30/h5-10,13,15-19H,11-12,14H2,1-4H3. The van der Waals surface area contributed by atoms with Crippen molar-refractivity contribution in [3.63, 3.8) is 0 Å². The van der Waals surface area contributed by atoms with Gasteiger partial charge >= 0.3 is 0 Å². The average molecular weight is 601 g/mol. The number of hydrogen-bond acceptors (Lipinski definition) is 8. The summed E-state index contributed by atoms with van der Waals surface area (Å²) in [6.07, 6.45) is 5.99. The van der Waals surface area contributed by atoms with Crippen molar-refractivity contribution >= 4 is 16.7 Å². The number of nitrogens with zero attached hydrogens (tertiary/aromatic N) is 4. The number of methoxy groups -OCH3 is 2. The number of pyridine rings is 3. The van der Waals surface area contributed by atoms with Gasteiger partial charge in [-0.3, -0.25) is 19.6 Å². The van der Waals surface area contributed by atoms with Gasteiger partial charge in [-0.05, 0) is 56.1 Å². The lowest BCUT2D eigenvalue weighted by molar-refractivity contribution is 0.0990. The molecule has 3 heterocycles. The number of Topliss-reactive ketones (excluding diaryl/α,β-unsaturated/α-hetero) is 1. The molecule has 0 aliphatic heterocycles. The highest BCUT2D eigenvalue weighted by molar-refractivity contribution is 5.98. The first-order valence-electron chi connectivity index (χ1n) is 13.7. The van der Waals surface area contributed by atoms with Crippen LogP contribution in [-0.2, 0) is 13.0 Å². The van der Waals surface area contributed by atoms with Crippen molar-refractivity contribution in [2.75, 3.05) is 34.9 Å². The minimum atomic E-state index is -1.08. The molecule has 0 saturated heterocycles. The molecular weight excluding hydrogens is 570 g/mol. The summed E-state index contributed by atoms with van der Waals surface area (Å²) in [5.41, 5.74) is 0.716. The number of halogens is 2. The molecule has 2 aromatic carbocycles. The van der Waals surface area contributed by atoms with Crippen LogP contribution in [0.25, 0.3) is 22.0 Å². The van der Waals surface area contributed by atoms with Gasteiger partial charge in [0.2, 0.25) is 0 Å². The number of carbonyl (C=O) groups is 1. The molecule has 0 atom stereocenters. The smallest absolute Gasteiger partial charge is 0.200 e. The highest BCUT2D eigenvalue weighted by atomic mass is 19.2.